The first-order valence-electron chi connectivity index (χ1n) is 8.06. The van der Waals surface area contributed by atoms with E-state index in [4.69, 9.17) is 5.73 Å². The molecule has 0 spiro atoms. The zero-order chi connectivity index (χ0) is 18.7. The summed E-state index contributed by atoms with van der Waals surface area (Å²) in [5.74, 6) is -0.995. The Hall–Kier alpha value is -3.04. The molecule has 2 N–H and O–H groups in total. The molecule has 0 aromatic heterocycles. The van der Waals surface area contributed by atoms with Crippen molar-refractivity contribution in [1.82, 2.24) is 0 Å². The largest absolute Gasteiger partial charge is 0.365 e. The van der Waals surface area contributed by atoms with Crippen LogP contribution in [0.25, 0.3) is 0 Å². The molecule has 1 fully saturated rings. The molecule has 5 nitrogen and oxygen atoms in total. The number of carbonyl (C=O) groups excluding carboxylic acids is 2. The lowest BCUT2D eigenvalue weighted by Crippen LogP contribution is -2.30. The van der Waals surface area contributed by atoms with Crippen LogP contribution in [-0.4, -0.2) is 17.1 Å². The number of nitrogens with zero attached hydrogens (tertiary/aromatic N) is 2. The molecule has 0 radical (unpaired) electrons. The summed E-state index contributed by atoms with van der Waals surface area (Å²) in [6.45, 7) is 2.00. The van der Waals surface area contributed by atoms with Crippen molar-refractivity contribution in [3.05, 3.63) is 76.3 Å². The van der Waals surface area contributed by atoms with Crippen LogP contribution in [0.1, 0.15) is 11.1 Å². The third kappa shape index (κ3) is 3.48. The fourth-order valence-corrected chi connectivity index (χ4v) is 4.07. The van der Waals surface area contributed by atoms with Gasteiger partial charge in [0.2, 0.25) is 5.91 Å². The summed E-state index contributed by atoms with van der Waals surface area (Å²) in [6, 6.07) is 18.8. The molecular formula is C20H17N3O2S. The smallest absolute Gasteiger partial charge is 0.262 e. The number of hydrogen-bond donors (Lipinski definition) is 1. The Morgan fingerprint density at radius 2 is 1.85 bits per heavy atom. The average Bonchev–Trinajstić information content (AvgIpc) is 2.94. The summed E-state index contributed by atoms with van der Waals surface area (Å²) in [4.78, 5) is 26.2. The predicted octanol–water partition coefficient (Wildman–Crippen LogP) is 2.91. The molecule has 1 aliphatic heterocycles. The SMILES string of the molecule is Cc1ccc(C[C@@H]2S/C(=C(/C#N)C(N)=O)N(c3ccccc3)C2=O)cc1. The van der Waals surface area contributed by atoms with Crippen molar-refractivity contribution in [2.45, 2.75) is 18.6 Å². The summed E-state index contributed by atoms with van der Waals surface area (Å²) in [6.07, 6.45) is 0.508. The van der Waals surface area contributed by atoms with Crippen molar-refractivity contribution in [3.8, 4) is 6.07 Å². The molecule has 0 aliphatic carbocycles. The molecule has 0 bridgehead atoms. The number of primary amides is 1. The van der Waals surface area contributed by atoms with Gasteiger partial charge in [0.1, 0.15) is 16.7 Å². The highest BCUT2D eigenvalue weighted by Crippen LogP contribution is 2.41. The van der Waals surface area contributed by atoms with Crippen LogP contribution in [0, 0.1) is 18.3 Å². The molecule has 2 aromatic carbocycles. The van der Waals surface area contributed by atoms with Gasteiger partial charge in [-0.1, -0.05) is 59.8 Å². The van der Waals surface area contributed by atoms with E-state index in [-0.39, 0.29) is 11.5 Å². The van der Waals surface area contributed by atoms with E-state index in [9.17, 15) is 14.9 Å². The van der Waals surface area contributed by atoms with Crippen LogP contribution in [0.2, 0.25) is 0 Å². The topological polar surface area (TPSA) is 87.2 Å². The molecule has 0 saturated carbocycles. The van der Waals surface area contributed by atoms with Gasteiger partial charge in [-0.25, -0.2) is 0 Å². The highest BCUT2D eigenvalue weighted by Gasteiger charge is 2.40. The number of aryl methyl sites for hydroxylation is 1. The molecule has 2 aromatic rings. The zero-order valence-corrected chi connectivity index (χ0v) is 15.0. The van der Waals surface area contributed by atoms with Crippen LogP contribution >= 0.6 is 11.8 Å². The Labute approximate surface area is 156 Å². The minimum Gasteiger partial charge on any atom is -0.365 e. The lowest BCUT2D eigenvalue weighted by atomic mass is 10.1. The van der Waals surface area contributed by atoms with Crippen molar-refractivity contribution in [2.75, 3.05) is 4.90 Å². The van der Waals surface area contributed by atoms with Gasteiger partial charge >= 0.3 is 0 Å². The van der Waals surface area contributed by atoms with Gasteiger partial charge < -0.3 is 5.73 Å². The van der Waals surface area contributed by atoms with Crippen molar-refractivity contribution in [2.24, 2.45) is 5.73 Å². The molecule has 2 amide bonds. The van der Waals surface area contributed by atoms with Gasteiger partial charge in [-0.2, -0.15) is 5.26 Å². The van der Waals surface area contributed by atoms with E-state index in [1.54, 1.807) is 24.3 Å². The maximum Gasteiger partial charge on any atom is 0.262 e. The van der Waals surface area contributed by atoms with E-state index in [2.05, 4.69) is 0 Å². The Balaban J connectivity index is 2.00. The minimum atomic E-state index is -0.834. The number of amides is 2. The first-order valence-corrected chi connectivity index (χ1v) is 8.94. The Morgan fingerprint density at radius 1 is 1.19 bits per heavy atom. The number of rotatable bonds is 4. The number of anilines is 1. The molecule has 1 atom stereocenters. The highest BCUT2D eigenvalue weighted by atomic mass is 32.2. The van der Waals surface area contributed by atoms with Gasteiger partial charge in [0.05, 0.1) is 5.25 Å². The molecule has 0 unspecified atom stereocenters. The van der Waals surface area contributed by atoms with Crippen molar-refractivity contribution >= 4 is 29.3 Å². The van der Waals surface area contributed by atoms with E-state index >= 15 is 0 Å². The van der Waals surface area contributed by atoms with E-state index in [1.807, 2.05) is 43.3 Å². The highest BCUT2D eigenvalue weighted by molar-refractivity contribution is 8.05. The third-order valence-electron chi connectivity index (χ3n) is 4.08. The number of nitrogens with two attached hydrogens (primary N) is 1. The van der Waals surface area contributed by atoms with Crippen LogP contribution in [0.15, 0.2) is 65.2 Å². The quantitative estimate of drug-likeness (QED) is 0.668. The number of benzene rings is 2. The van der Waals surface area contributed by atoms with Gasteiger partial charge in [-0.3, -0.25) is 14.5 Å². The lowest BCUT2D eigenvalue weighted by Gasteiger charge is -2.18. The lowest BCUT2D eigenvalue weighted by molar-refractivity contribution is -0.117. The van der Waals surface area contributed by atoms with Gasteiger partial charge in [-0.05, 0) is 31.0 Å². The van der Waals surface area contributed by atoms with E-state index < -0.39 is 11.2 Å². The number of para-hydroxylation sites is 1. The first-order chi connectivity index (χ1) is 12.5. The van der Waals surface area contributed by atoms with E-state index in [0.717, 1.165) is 11.1 Å². The van der Waals surface area contributed by atoms with Gasteiger partial charge in [0, 0.05) is 5.69 Å². The summed E-state index contributed by atoms with van der Waals surface area (Å²) in [7, 11) is 0. The molecule has 3 rings (SSSR count). The third-order valence-corrected chi connectivity index (χ3v) is 5.34. The number of hydrogen-bond acceptors (Lipinski definition) is 4. The summed E-state index contributed by atoms with van der Waals surface area (Å²) in [5, 5.41) is 9.23. The molecule has 26 heavy (non-hydrogen) atoms. The maximum absolute atomic E-state index is 13.0. The van der Waals surface area contributed by atoms with E-state index in [1.165, 1.54) is 16.7 Å². The second-order valence-electron chi connectivity index (χ2n) is 5.96. The number of thioether (sulfide) groups is 1. The summed E-state index contributed by atoms with van der Waals surface area (Å²) in [5.41, 5.74) is 7.94. The fraction of sp³-hybridized carbons (Fsp3) is 0.150. The van der Waals surface area contributed by atoms with Crippen molar-refractivity contribution in [3.63, 3.8) is 0 Å². The summed E-state index contributed by atoms with van der Waals surface area (Å²) < 4.78 is 0. The fourth-order valence-electron chi connectivity index (χ4n) is 2.75. The van der Waals surface area contributed by atoms with Crippen LogP contribution < -0.4 is 10.6 Å². The van der Waals surface area contributed by atoms with Gasteiger partial charge in [-0.15, -0.1) is 0 Å². The first kappa shape index (κ1) is 17.8. The number of carbonyl (C=O) groups is 2. The maximum atomic E-state index is 13.0. The molecule has 1 aliphatic rings. The molecule has 1 saturated heterocycles. The van der Waals surface area contributed by atoms with Crippen molar-refractivity contribution in [1.29, 1.82) is 5.26 Å². The Bertz CT molecular complexity index is 914. The molecule has 1 heterocycles. The standard InChI is InChI=1S/C20H17N3O2S/c1-13-7-9-14(10-8-13)11-17-19(25)23(15-5-3-2-4-6-15)20(26-17)16(12-21)18(22)24/h2-10,17H,11H2,1H3,(H2,22,24)/b20-16-/t17-/m0/s1. The Morgan fingerprint density at radius 3 is 2.42 bits per heavy atom. The van der Waals surface area contributed by atoms with Crippen LogP contribution in [0.3, 0.4) is 0 Å². The van der Waals surface area contributed by atoms with E-state index in [0.29, 0.717) is 17.1 Å². The monoisotopic (exact) mass is 363 g/mol. The Kier molecular flexibility index (Phi) is 5.10. The van der Waals surface area contributed by atoms with Gasteiger partial charge in [0.25, 0.3) is 5.91 Å². The predicted molar refractivity (Wildman–Crippen MR) is 102 cm³/mol. The molecular weight excluding hydrogens is 346 g/mol. The van der Waals surface area contributed by atoms with Crippen LogP contribution in [0.5, 0.6) is 0 Å². The zero-order valence-electron chi connectivity index (χ0n) is 14.2. The number of nitriles is 1. The second kappa shape index (κ2) is 7.46. The molecule has 6 heteroatoms. The normalized spacial score (nSPS) is 18.5. The van der Waals surface area contributed by atoms with Gasteiger partial charge in [0.15, 0.2) is 0 Å². The van der Waals surface area contributed by atoms with Crippen molar-refractivity contribution < 1.29 is 9.59 Å². The molecule has 130 valence electrons. The summed E-state index contributed by atoms with van der Waals surface area (Å²) >= 11 is 1.21. The van der Waals surface area contributed by atoms with Crippen LogP contribution in [-0.2, 0) is 16.0 Å². The van der Waals surface area contributed by atoms with Crippen LogP contribution in [0.4, 0.5) is 5.69 Å². The average molecular weight is 363 g/mol. The second-order valence-corrected chi connectivity index (χ2v) is 7.15. The minimum absolute atomic E-state index is 0.161.